The molecule has 1 saturated heterocycles. The molecule has 1 aliphatic heterocycles. The highest BCUT2D eigenvalue weighted by Crippen LogP contribution is 2.48. The summed E-state index contributed by atoms with van der Waals surface area (Å²) in [6, 6.07) is 7.66. The molecule has 0 amide bonds. The van der Waals surface area contributed by atoms with Crippen LogP contribution in [-0.2, 0) is 0 Å². The summed E-state index contributed by atoms with van der Waals surface area (Å²) in [4.78, 5) is 2.60. The van der Waals surface area contributed by atoms with Gasteiger partial charge in [0.1, 0.15) is 5.75 Å². The van der Waals surface area contributed by atoms with Crippen LogP contribution in [0.4, 0.5) is 0 Å². The first kappa shape index (κ1) is 18.3. The van der Waals surface area contributed by atoms with Gasteiger partial charge < -0.3 is 15.1 Å². The number of hydrogen-bond donors (Lipinski definition) is 2. The van der Waals surface area contributed by atoms with E-state index in [9.17, 15) is 10.2 Å². The fraction of sp³-hybridized carbons (Fsp3) is 0.739. The minimum Gasteiger partial charge on any atom is -0.508 e. The van der Waals surface area contributed by atoms with Crippen molar-refractivity contribution in [3.63, 3.8) is 0 Å². The summed E-state index contributed by atoms with van der Waals surface area (Å²) < 4.78 is 0. The monoisotopic (exact) mass is 357 g/mol. The van der Waals surface area contributed by atoms with E-state index in [2.05, 4.69) is 11.8 Å². The van der Waals surface area contributed by atoms with Crippen molar-refractivity contribution in [3.05, 3.63) is 29.8 Å². The van der Waals surface area contributed by atoms with E-state index in [4.69, 9.17) is 0 Å². The van der Waals surface area contributed by atoms with Crippen molar-refractivity contribution in [2.45, 2.75) is 69.8 Å². The van der Waals surface area contributed by atoms with Gasteiger partial charge in [-0.25, -0.2) is 0 Å². The van der Waals surface area contributed by atoms with E-state index in [0.717, 1.165) is 44.8 Å². The maximum atomic E-state index is 11.2. The van der Waals surface area contributed by atoms with Crippen molar-refractivity contribution in [2.75, 3.05) is 19.6 Å². The number of phenols is 1. The molecule has 3 aliphatic rings. The molecule has 3 nitrogen and oxygen atoms in total. The van der Waals surface area contributed by atoms with Crippen molar-refractivity contribution in [2.24, 2.45) is 17.8 Å². The molecule has 2 N–H and O–H groups in total. The van der Waals surface area contributed by atoms with Crippen LogP contribution >= 0.6 is 0 Å². The van der Waals surface area contributed by atoms with Gasteiger partial charge in [-0.15, -0.1) is 0 Å². The van der Waals surface area contributed by atoms with Crippen molar-refractivity contribution < 1.29 is 10.2 Å². The second-order valence-corrected chi connectivity index (χ2v) is 9.57. The molecule has 1 unspecified atom stereocenters. The summed E-state index contributed by atoms with van der Waals surface area (Å²) in [6.07, 6.45) is 9.93. The molecule has 3 fully saturated rings. The van der Waals surface area contributed by atoms with Crippen molar-refractivity contribution in [3.8, 4) is 5.75 Å². The van der Waals surface area contributed by atoms with E-state index in [1.807, 2.05) is 12.1 Å². The molecule has 2 aliphatic carbocycles. The first-order chi connectivity index (χ1) is 12.5. The fourth-order valence-electron chi connectivity index (χ4n) is 6.10. The average Bonchev–Trinajstić information content (AvgIpc) is 3.10. The number of fused-ring (bicyclic) bond motifs is 1. The first-order valence-electron chi connectivity index (χ1n) is 10.7. The molecule has 1 aromatic rings. The van der Waals surface area contributed by atoms with Gasteiger partial charge in [0.05, 0.1) is 5.60 Å². The van der Waals surface area contributed by atoms with Crippen LogP contribution in [-0.4, -0.2) is 40.3 Å². The Kier molecular flexibility index (Phi) is 5.29. The highest BCUT2D eigenvalue weighted by Gasteiger charge is 2.48. The van der Waals surface area contributed by atoms with Gasteiger partial charge >= 0.3 is 0 Å². The van der Waals surface area contributed by atoms with Gasteiger partial charge in [-0.3, -0.25) is 0 Å². The van der Waals surface area contributed by atoms with Crippen LogP contribution in [0.1, 0.15) is 69.8 Å². The summed E-state index contributed by atoms with van der Waals surface area (Å²) >= 11 is 0. The molecule has 4 rings (SSSR count). The van der Waals surface area contributed by atoms with Crippen molar-refractivity contribution >= 4 is 0 Å². The van der Waals surface area contributed by atoms with Crippen molar-refractivity contribution in [1.82, 2.24) is 4.90 Å². The highest BCUT2D eigenvalue weighted by molar-refractivity contribution is 5.28. The normalized spacial score (nSPS) is 34.1. The van der Waals surface area contributed by atoms with Gasteiger partial charge in [-0.2, -0.15) is 0 Å². The lowest BCUT2D eigenvalue weighted by atomic mass is 9.79. The SMILES string of the molecule is CC(CN1C[C@@H]2C[C@@](O)(CC3CCCCC3)C[C@@H]2C1)c1ccc(O)cc1. The number of aliphatic hydroxyl groups is 1. The lowest BCUT2D eigenvalue weighted by Crippen LogP contribution is -2.33. The van der Waals surface area contributed by atoms with Crippen LogP contribution in [0.5, 0.6) is 5.75 Å². The third kappa shape index (κ3) is 4.09. The van der Waals surface area contributed by atoms with E-state index in [1.54, 1.807) is 12.1 Å². The number of nitrogens with zero attached hydrogens (tertiary/aromatic N) is 1. The van der Waals surface area contributed by atoms with E-state index < -0.39 is 0 Å². The molecular formula is C23H35NO2. The largest absolute Gasteiger partial charge is 0.508 e. The predicted octanol–water partition coefficient (Wildman–Crippen LogP) is 4.54. The highest BCUT2D eigenvalue weighted by atomic mass is 16.3. The van der Waals surface area contributed by atoms with Crippen LogP contribution < -0.4 is 0 Å². The number of likely N-dealkylation sites (tertiary alicyclic amines) is 1. The summed E-state index contributed by atoms with van der Waals surface area (Å²) in [7, 11) is 0. The van der Waals surface area contributed by atoms with Gasteiger partial charge in [-0.05, 0) is 60.6 Å². The van der Waals surface area contributed by atoms with Gasteiger partial charge in [0.15, 0.2) is 0 Å². The van der Waals surface area contributed by atoms with E-state index in [0.29, 0.717) is 23.5 Å². The Hall–Kier alpha value is -1.06. The molecule has 0 aromatic heterocycles. The number of phenolic OH excluding ortho intramolecular Hbond substituents is 1. The molecule has 1 aromatic carbocycles. The van der Waals surface area contributed by atoms with E-state index in [-0.39, 0.29) is 5.60 Å². The van der Waals surface area contributed by atoms with Crippen LogP contribution in [0.2, 0.25) is 0 Å². The number of hydrogen-bond acceptors (Lipinski definition) is 3. The zero-order valence-corrected chi connectivity index (χ0v) is 16.2. The third-order valence-corrected chi connectivity index (χ3v) is 7.32. The number of rotatable bonds is 5. The molecule has 4 atom stereocenters. The van der Waals surface area contributed by atoms with Gasteiger partial charge in [0.25, 0.3) is 0 Å². The maximum absolute atomic E-state index is 11.2. The Labute approximate surface area is 158 Å². The lowest BCUT2D eigenvalue weighted by molar-refractivity contribution is 0.00593. The molecule has 3 heteroatoms. The van der Waals surface area contributed by atoms with Crippen molar-refractivity contribution in [1.29, 1.82) is 0 Å². The Balaban J connectivity index is 1.28. The molecule has 0 bridgehead atoms. The Morgan fingerprint density at radius 3 is 2.27 bits per heavy atom. The number of aromatic hydroxyl groups is 1. The second kappa shape index (κ2) is 7.52. The zero-order chi connectivity index (χ0) is 18.1. The summed E-state index contributed by atoms with van der Waals surface area (Å²) in [5, 5.41) is 20.6. The predicted molar refractivity (Wildman–Crippen MR) is 105 cm³/mol. The van der Waals surface area contributed by atoms with Gasteiger partial charge in [0, 0.05) is 19.6 Å². The molecule has 0 spiro atoms. The Morgan fingerprint density at radius 1 is 1.04 bits per heavy atom. The van der Waals surface area contributed by atoms with Crippen LogP contribution in [0, 0.1) is 17.8 Å². The molecule has 0 radical (unpaired) electrons. The zero-order valence-electron chi connectivity index (χ0n) is 16.2. The standard InChI is InChI=1S/C23H35NO2/c1-17(19-7-9-22(25)10-8-19)14-24-15-20-12-23(26,13-21(20)16-24)11-18-5-3-2-4-6-18/h7-10,17-18,20-21,25-26H,2-6,11-16H2,1H3/t17?,20-,21+,23-. The van der Waals surface area contributed by atoms with Gasteiger partial charge in [-0.1, -0.05) is 51.2 Å². The minimum atomic E-state index is -0.369. The van der Waals surface area contributed by atoms with E-state index in [1.165, 1.54) is 37.7 Å². The maximum Gasteiger partial charge on any atom is 0.115 e. The van der Waals surface area contributed by atoms with Crippen LogP contribution in [0.25, 0.3) is 0 Å². The Morgan fingerprint density at radius 2 is 1.65 bits per heavy atom. The number of benzene rings is 1. The molecule has 2 saturated carbocycles. The molecule has 1 heterocycles. The van der Waals surface area contributed by atoms with Crippen LogP contribution in [0.3, 0.4) is 0 Å². The topological polar surface area (TPSA) is 43.7 Å². The van der Waals surface area contributed by atoms with Gasteiger partial charge in [0.2, 0.25) is 0 Å². The van der Waals surface area contributed by atoms with E-state index >= 15 is 0 Å². The summed E-state index contributed by atoms with van der Waals surface area (Å²) in [5.41, 5.74) is 0.931. The first-order valence-corrected chi connectivity index (χ1v) is 10.7. The third-order valence-electron chi connectivity index (χ3n) is 7.32. The Bertz CT molecular complexity index is 579. The fourth-order valence-corrected chi connectivity index (χ4v) is 6.10. The molecular weight excluding hydrogens is 322 g/mol. The average molecular weight is 358 g/mol. The lowest BCUT2D eigenvalue weighted by Gasteiger charge is -2.32. The summed E-state index contributed by atoms with van der Waals surface area (Å²) in [6.45, 7) is 5.67. The molecule has 26 heavy (non-hydrogen) atoms. The minimum absolute atomic E-state index is 0.342. The van der Waals surface area contributed by atoms with Crippen LogP contribution in [0.15, 0.2) is 24.3 Å². The smallest absolute Gasteiger partial charge is 0.115 e. The quantitative estimate of drug-likeness (QED) is 0.813. The second-order valence-electron chi connectivity index (χ2n) is 9.57. The molecule has 144 valence electrons. The summed E-state index contributed by atoms with van der Waals surface area (Å²) in [5.74, 6) is 2.98.